The summed E-state index contributed by atoms with van der Waals surface area (Å²) in [6.07, 6.45) is 1.95. The Bertz CT molecular complexity index is 1060. The molecule has 3 aromatic rings. The first kappa shape index (κ1) is 22.2. The van der Waals surface area contributed by atoms with E-state index in [-0.39, 0.29) is 10.8 Å². The molecular formula is C28H37N2+. The van der Waals surface area contributed by atoms with Crippen molar-refractivity contribution in [1.82, 2.24) is 4.98 Å². The summed E-state index contributed by atoms with van der Waals surface area (Å²) in [6, 6.07) is 13.8. The maximum Gasteiger partial charge on any atom is 0.287 e. The Morgan fingerprint density at radius 3 is 1.83 bits per heavy atom. The van der Waals surface area contributed by atoms with Crippen molar-refractivity contribution in [3.8, 4) is 22.5 Å². The number of benzene rings is 2. The second-order valence-corrected chi connectivity index (χ2v) is 10.8. The van der Waals surface area contributed by atoms with E-state index in [2.05, 4.69) is 110 Å². The average Bonchev–Trinajstić information content (AvgIpc) is 2.63. The molecule has 2 aromatic carbocycles. The van der Waals surface area contributed by atoms with E-state index in [1.165, 1.54) is 44.6 Å². The normalized spacial score (nSPS) is 12.3. The highest BCUT2D eigenvalue weighted by molar-refractivity contribution is 5.70. The zero-order valence-corrected chi connectivity index (χ0v) is 20.4. The highest BCUT2D eigenvalue weighted by atomic mass is 15.0. The molecule has 2 nitrogen and oxygen atoms in total. The van der Waals surface area contributed by atoms with Crippen LogP contribution in [0.2, 0.25) is 0 Å². The Hall–Kier alpha value is -2.48. The van der Waals surface area contributed by atoms with Crippen LogP contribution in [0.15, 0.2) is 42.7 Å². The van der Waals surface area contributed by atoms with Crippen LogP contribution in [0, 0.1) is 20.8 Å². The molecule has 0 saturated heterocycles. The number of hydrogen-bond donors (Lipinski definition) is 0. The fraction of sp³-hybridized carbons (Fsp3) is 0.429. The molecule has 0 radical (unpaired) electrons. The summed E-state index contributed by atoms with van der Waals surface area (Å²) >= 11 is 0. The van der Waals surface area contributed by atoms with Gasteiger partial charge in [0.2, 0.25) is 0 Å². The third-order valence-electron chi connectivity index (χ3n) is 6.07. The summed E-state index contributed by atoms with van der Waals surface area (Å²) < 4.78 is 2.13. The largest absolute Gasteiger partial charge is 0.287 e. The van der Waals surface area contributed by atoms with Gasteiger partial charge in [-0.3, -0.25) is 0 Å². The van der Waals surface area contributed by atoms with Crippen LogP contribution in [0.4, 0.5) is 0 Å². The van der Waals surface area contributed by atoms with E-state index in [0.29, 0.717) is 0 Å². The molecule has 0 bridgehead atoms. The van der Waals surface area contributed by atoms with Crippen LogP contribution in [-0.2, 0) is 17.9 Å². The summed E-state index contributed by atoms with van der Waals surface area (Å²) in [5, 5.41) is 0. The maximum atomic E-state index is 4.82. The van der Waals surface area contributed by atoms with Crippen LogP contribution >= 0.6 is 0 Å². The zero-order valence-electron chi connectivity index (χ0n) is 20.4. The van der Waals surface area contributed by atoms with Gasteiger partial charge >= 0.3 is 0 Å². The Balaban J connectivity index is 2.25. The van der Waals surface area contributed by atoms with Gasteiger partial charge in [0, 0.05) is 17.2 Å². The van der Waals surface area contributed by atoms with E-state index in [9.17, 15) is 0 Å². The molecule has 0 N–H and O–H groups in total. The monoisotopic (exact) mass is 401 g/mol. The van der Waals surface area contributed by atoms with Gasteiger partial charge in [0.25, 0.3) is 6.33 Å². The third kappa shape index (κ3) is 4.48. The number of rotatable bonds is 2. The first-order valence-electron chi connectivity index (χ1n) is 10.9. The smallest absolute Gasteiger partial charge is 0.232 e. The first-order chi connectivity index (χ1) is 13.8. The minimum absolute atomic E-state index is 0.0858. The molecule has 1 aromatic heterocycles. The van der Waals surface area contributed by atoms with Crippen LogP contribution in [0.25, 0.3) is 22.5 Å². The molecule has 0 amide bonds. The second-order valence-electron chi connectivity index (χ2n) is 10.8. The van der Waals surface area contributed by atoms with Crippen molar-refractivity contribution >= 4 is 0 Å². The van der Waals surface area contributed by atoms with Gasteiger partial charge in [0.05, 0.1) is 7.05 Å². The van der Waals surface area contributed by atoms with Gasteiger partial charge in [-0.15, -0.1) is 0 Å². The van der Waals surface area contributed by atoms with Crippen LogP contribution in [0.5, 0.6) is 0 Å². The van der Waals surface area contributed by atoms with Crippen molar-refractivity contribution in [1.29, 1.82) is 0 Å². The Morgan fingerprint density at radius 1 is 0.733 bits per heavy atom. The SMILES string of the molecule is Cc1cc(C)c(C)c(-c2cc(-c3cc(C(C)(C)C)cc(C(C)(C)C)c3)nc[n+]2C)c1. The Labute approximate surface area is 183 Å². The van der Waals surface area contributed by atoms with Crippen LogP contribution < -0.4 is 4.57 Å². The number of aryl methyl sites for hydroxylation is 3. The molecule has 3 rings (SSSR count). The summed E-state index contributed by atoms with van der Waals surface area (Å²) in [4.78, 5) is 4.82. The van der Waals surface area contributed by atoms with Gasteiger partial charge in [-0.25, -0.2) is 4.57 Å². The summed E-state index contributed by atoms with van der Waals surface area (Å²) in [6.45, 7) is 20.2. The summed E-state index contributed by atoms with van der Waals surface area (Å²) in [7, 11) is 2.08. The molecule has 0 unspecified atom stereocenters. The molecule has 0 aliphatic carbocycles. The van der Waals surface area contributed by atoms with Gasteiger partial charge in [-0.1, -0.05) is 59.2 Å². The topological polar surface area (TPSA) is 16.8 Å². The molecule has 0 atom stereocenters. The quantitative estimate of drug-likeness (QED) is 0.433. The zero-order chi connectivity index (χ0) is 22.4. The molecule has 158 valence electrons. The minimum Gasteiger partial charge on any atom is -0.232 e. The molecule has 30 heavy (non-hydrogen) atoms. The van der Waals surface area contributed by atoms with Crippen molar-refractivity contribution in [3.05, 3.63) is 70.5 Å². The van der Waals surface area contributed by atoms with E-state index >= 15 is 0 Å². The predicted molar refractivity (Wildman–Crippen MR) is 128 cm³/mol. The molecule has 0 saturated carbocycles. The second kappa shape index (κ2) is 7.65. The van der Waals surface area contributed by atoms with Crippen molar-refractivity contribution in [3.63, 3.8) is 0 Å². The third-order valence-corrected chi connectivity index (χ3v) is 6.07. The molecule has 0 aliphatic rings. The van der Waals surface area contributed by atoms with E-state index in [1.807, 2.05) is 6.33 Å². The molecule has 0 spiro atoms. The van der Waals surface area contributed by atoms with E-state index in [4.69, 9.17) is 4.98 Å². The Morgan fingerprint density at radius 2 is 1.30 bits per heavy atom. The van der Waals surface area contributed by atoms with Crippen molar-refractivity contribution in [2.75, 3.05) is 0 Å². The summed E-state index contributed by atoms with van der Waals surface area (Å²) in [5.41, 5.74) is 11.5. The molecule has 1 heterocycles. The van der Waals surface area contributed by atoms with E-state index in [1.54, 1.807) is 0 Å². The lowest BCUT2D eigenvalue weighted by atomic mass is 9.79. The van der Waals surface area contributed by atoms with Gasteiger partial charge < -0.3 is 0 Å². The Kier molecular flexibility index (Phi) is 5.66. The lowest BCUT2D eigenvalue weighted by Crippen LogP contribution is -2.31. The number of hydrogen-bond acceptors (Lipinski definition) is 1. The average molecular weight is 402 g/mol. The van der Waals surface area contributed by atoms with Crippen LogP contribution in [0.3, 0.4) is 0 Å². The molecule has 2 heteroatoms. The lowest BCUT2D eigenvalue weighted by molar-refractivity contribution is -0.663. The molecule has 0 fully saturated rings. The first-order valence-corrected chi connectivity index (χ1v) is 10.9. The van der Waals surface area contributed by atoms with Gasteiger partial charge in [0.1, 0.15) is 5.69 Å². The molecular weight excluding hydrogens is 364 g/mol. The highest BCUT2D eigenvalue weighted by Gasteiger charge is 2.23. The fourth-order valence-electron chi connectivity index (χ4n) is 3.85. The van der Waals surface area contributed by atoms with Crippen molar-refractivity contribution in [2.24, 2.45) is 7.05 Å². The van der Waals surface area contributed by atoms with Gasteiger partial charge in [-0.05, 0) is 77.0 Å². The van der Waals surface area contributed by atoms with E-state index < -0.39 is 0 Å². The van der Waals surface area contributed by atoms with Crippen molar-refractivity contribution in [2.45, 2.75) is 73.1 Å². The van der Waals surface area contributed by atoms with Gasteiger partial charge in [0.15, 0.2) is 5.69 Å². The standard InChI is InChI=1S/C28H37N2/c1-18-11-19(2)20(3)24(12-18)26-16-25(29-17-30(26)10)21-13-22(27(4,5)6)15-23(14-21)28(7,8)9/h11-17H,1-10H3/q+1. The lowest BCUT2D eigenvalue weighted by Gasteiger charge is -2.25. The van der Waals surface area contributed by atoms with Crippen LogP contribution in [-0.4, -0.2) is 4.98 Å². The van der Waals surface area contributed by atoms with E-state index in [0.717, 1.165) is 5.69 Å². The van der Waals surface area contributed by atoms with Crippen molar-refractivity contribution < 1.29 is 4.57 Å². The minimum atomic E-state index is 0.0858. The summed E-state index contributed by atoms with van der Waals surface area (Å²) in [5.74, 6) is 0. The number of nitrogens with zero attached hydrogens (tertiary/aromatic N) is 2. The number of aromatic nitrogens is 2. The van der Waals surface area contributed by atoms with Crippen LogP contribution in [0.1, 0.15) is 69.4 Å². The fourth-order valence-corrected chi connectivity index (χ4v) is 3.85. The van der Waals surface area contributed by atoms with Gasteiger partial charge in [-0.2, -0.15) is 0 Å². The maximum absolute atomic E-state index is 4.82. The highest BCUT2D eigenvalue weighted by Crippen LogP contribution is 2.34. The molecule has 0 aliphatic heterocycles. The predicted octanol–water partition coefficient (Wildman–Crippen LogP) is 6.76.